The molecule has 1 aromatic heterocycles. The minimum atomic E-state index is -0.292. The van der Waals surface area contributed by atoms with Crippen molar-refractivity contribution in [3.63, 3.8) is 0 Å². The van der Waals surface area contributed by atoms with Crippen LogP contribution in [0.1, 0.15) is 25.0 Å². The highest BCUT2D eigenvalue weighted by Crippen LogP contribution is 2.19. The lowest BCUT2D eigenvalue weighted by molar-refractivity contribution is -0.121. The van der Waals surface area contributed by atoms with Crippen LogP contribution in [0.15, 0.2) is 34.9 Å². The zero-order valence-corrected chi connectivity index (χ0v) is 12.8. The Morgan fingerprint density at radius 2 is 2.22 bits per heavy atom. The zero-order chi connectivity index (χ0) is 16.1. The molecule has 2 aromatic rings. The van der Waals surface area contributed by atoms with E-state index in [0.717, 1.165) is 30.6 Å². The van der Waals surface area contributed by atoms with Crippen molar-refractivity contribution in [2.24, 2.45) is 0 Å². The topological polar surface area (TPSA) is 67.2 Å². The van der Waals surface area contributed by atoms with Gasteiger partial charge < -0.3 is 15.1 Å². The minimum Gasteiger partial charge on any atom is -0.444 e. The molecule has 3 rings (SSSR count). The molecule has 0 radical (unpaired) electrons. The second-order valence-electron chi connectivity index (χ2n) is 5.75. The molecule has 1 aliphatic rings. The van der Waals surface area contributed by atoms with Gasteiger partial charge in [0.05, 0.1) is 5.69 Å². The summed E-state index contributed by atoms with van der Waals surface area (Å²) < 4.78 is 18.3. The lowest BCUT2D eigenvalue weighted by Crippen LogP contribution is -2.32. The maximum atomic E-state index is 12.9. The van der Waals surface area contributed by atoms with Crippen LogP contribution in [0.2, 0.25) is 0 Å². The summed E-state index contributed by atoms with van der Waals surface area (Å²) in [5.74, 6) is 0.230. The van der Waals surface area contributed by atoms with Crippen LogP contribution in [-0.2, 0) is 11.2 Å². The molecule has 5 nitrogen and oxygen atoms in total. The molecule has 1 saturated heterocycles. The van der Waals surface area contributed by atoms with Crippen LogP contribution in [0.25, 0.3) is 11.5 Å². The van der Waals surface area contributed by atoms with Gasteiger partial charge in [-0.3, -0.25) is 4.79 Å². The molecule has 2 N–H and O–H groups in total. The summed E-state index contributed by atoms with van der Waals surface area (Å²) in [7, 11) is 0. The van der Waals surface area contributed by atoms with Crippen molar-refractivity contribution in [1.29, 1.82) is 0 Å². The van der Waals surface area contributed by atoms with Gasteiger partial charge in [-0.25, -0.2) is 9.37 Å². The standard InChI is InChI=1S/C17H20FN3O2/c18-13-5-3-12(4-6-13)17-21-15(11-23-17)7-9-20-16(22)10-14-2-1-8-19-14/h3-6,11,14,19H,1-2,7-10H2,(H,20,22). The number of aromatic nitrogens is 1. The number of amides is 1. The second-order valence-corrected chi connectivity index (χ2v) is 5.75. The van der Waals surface area contributed by atoms with Gasteiger partial charge in [-0.1, -0.05) is 0 Å². The van der Waals surface area contributed by atoms with Crippen LogP contribution in [0, 0.1) is 5.82 Å². The Hall–Kier alpha value is -2.21. The van der Waals surface area contributed by atoms with E-state index in [2.05, 4.69) is 15.6 Å². The van der Waals surface area contributed by atoms with Crippen molar-refractivity contribution in [2.75, 3.05) is 13.1 Å². The normalized spacial score (nSPS) is 17.3. The molecule has 1 aromatic carbocycles. The molecule has 122 valence electrons. The number of nitrogens with one attached hydrogen (secondary N) is 2. The number of halogens is 1. The van der Waals surface area contributed by atoms with Gasteiger partial charge in [-0.2, -0.15) is 0 Å². The first-order chi connectivity index (χ1) is 11.2. The monoisotopic (exact) mass is 317 g/mol. The Bertz CT molecular complexity index is 648. The number of hydrogen-bond acceptors (Lipinski definition) is 4. The Morgan fingerprint density at radius 1 is 1.39 bits per heavy atom. The van der Waals surface area contributed by atoms with Gasteiger partial charge in [-0.05, 0) is 43.7 Å². The Balaban J connectivity index is 1.45. The van der Waals surface area contributed by atoms with E-state index in [1.54, 1.807) is 18.4 Å². The average molecular weight is 317 g/mol. The summed E-state index contributed by atoms with van der Waals surface area (Å²) in [6.45, 7) is 1.53. The molecule has 1 amide bonds. The summed E-state index contributed by atoms with van der Waals surface area (Å²) in [4.78, 5) is 16.2. The van der Waals surface area contributed by atoms with Crippen molar-refractivity contribution >= 4 is 5.91 Å². The SMILES string of the molecule is O=C(CC1CCCN1)NCCc1coc(-c2ccc(F)cc2)n1. The summed E-state index contributed by atoms with van der Waals surface area (Å²) in [5.41, 5.74) is 1.50. The predicted octanol–water partition coefficient (Wildman–Crippen LogP) is 2.28. The van der Waals surface area contributed by atoms with E-state index in [0.29, 0.717) is 31.3 Å². The number of hydrogen-bond donors (Lipinski definition) is 2. The molecule has 0 aliphatic carbocycles. The Morgan fingerprint density at radius 3 is 2.96 bits per heavy atom. The molecule has 1 fully saturated rings. The molecular weight excluding hydrogens is 297 g/mol. The fraction of sp³-hybridized carbons (Fsp3) is 0.412. The highest BCUT2D eigenvalue weighted by atomic mass is 19.1. The molecule has 1 atom stereocenters. The predicted molar refractivity (Wildman–Crippen MR) is 84.3 cm³/mol. The van der Waals surface area contributed by atoms with Crippen molar-refractivity contribution in [1.82, 2.24) is 15.6 Å². The summed E-state index contributed by atoms with van der Waals surface area (Å²) in [5, 5.41) is 6.21. The van der Waals surface area contributed by atoms with Crippen LogP contribution in [-0.4, -0.2) is 30.0 Å². The number of benzene rings is 1. The van der Waals surface area contributed by atoms with Crippen LogP contribution in [0.3, 0.4) is 0 Å². The van der Waals surface area contributed by atoms with Crippen molar-refractivity contribution in [3.8, 4) is 11.5 Å². The zero-order valence-electron chi connectivity index (χ0n) is 12.8. The van der Waals surface area contributed by atoms with E-state index in [1.807, 2.05) is 0 Å². The number of nitrogens with zero attached hydrogens (tertiary/aromatic N) is 1. The van der Waals surface area contributed by atoms with Gasteiger partial charge in [-0.15, -0.1) is 0 Å². The van der Waals surface area contributed by atoms with Gasteiger partial charge in [0.15, 0.2) is 0 Å². The van der Waals surface area contributed by atoms with Crippen molar-refractivity contribution in [2.45, 2.75) is 31.7 Å². The fourth-order valence-corrected chi connectivity index (χ4v) is 2.70. The number of carbonyl (C=O) groups is 1. The number of carbonyl (C=O) groups excluding carboxylic acids is 1. The van der Waals surface area contributed by atoms with E-state index in [-0.39, 0.29) is 11.7 Å². The quantitative estimate of drug-likeness (QED) is 0.858. The third kappa shape index (κ3) is 4.39. The number of rotatable bonds is 6. The van der Waals surface area contributed by atoms with Gasteiger partial charge in [0.25, 0.3) is 0 Å². The molecule has 2 heterocycles. The first-order valence-electron chi connectivity index (χ1n) is 7.91. The second kappa shape index (κ2) is 7.37. The van der Waals surface area contributed by atoms with E-state index >= 15 is 0 Å². The number of oxazole rings is 1. The van der Waals surface area contributed by atoms with Gasteiger partial charge in [0, 0.05) is 31.0 Å². The Labute approximate surface area is 134 Å². The maximum Gasteiger partial charge on any atom is 0.226 e. The van der Waals surface area contributed by atoms with Crippen LogP contribution < -0.4 is 10.6 Å². The van der Waals surface area contributed by atoms with Gasteiger partial charge in [0.1, 0.15) is 12.1 Å². The fourth-order valence-electron chi connectivity index (χ4n) is 2.70. The maximum absolute atomic E-state index is 12.9. The molecule has 0 spiro atoms. The highest BCUT2D eigenvalue weighted by Gasteiger charge is 2.17. The Kier molecular flexibility index (Phi) is 5.02. The lowest BCUT2D eigenvalue weighted by atomic mass is 10.1. The third-order valence-corrected chi connectivity index (χ3v) is 3.94. The van der Waals surface area contributed by atoms with E-state index in [4.69, 9.17) is 4.42 Å². The first-order valence-corrected chi connectivity index (χ1v) is 7.91. The van der Waals surface area contributed by atoms with Crippen molar-refractivity contribution < 1.29 is 13.6 Å². The molecule has 6 heteroatoms. The minimum absolute atomic E-state index is 0.0617. The van der Waals surface area contributed by atoms with E-state index in [1.165, 1.54) is 12.1 Å². The van der Waals surface area contributed by atoms with Gasteiger partial charge in [0.2, 0.25) is 11.8 Å². The van der Waals surface area contributed by atoms with Gasteiger partial charge >= 0.3 is 0 Å². The molecule has 0 saturated carbocycles. The molecule has 23 heavy (non-hydrogen) atoms. The smallest absolute Gasteiger partial charge is 0.226 e. The molecule has 1 unspecified atom stereocenters. The lowest BCUT2D eigenvalue weighted by Gasteiger charge is -2.09. The van der Waals surface area contributed by atoms with Crippen LogP contribution >= 0.6 is 0 Å². The molecular formula is C17H20FN3O2. The first kappa shape index (κ1) is 15.7. The summed E-state index contributed by atoms with van der Waals surface area (Å²) >= 11 is 0. The largest absolute Gasteiger partial charge is 0.444 e. The summed E-state index contributed by atoms with van der Waals surface area (Å²) in [6, 6.07) is 6.31. The summed E-state index contributed by atoms with van der Waals surface area (Å²) in [6.07, 6.45) is 4.92. The molecule has 1 aliphatic heterocycles. The average Bonchev–Trinajstić information content (AvgIpc) is 3.20. The highest BCUT2D eigenvalue weighted by molar-refractivity contribution is 5.76. The van der Waals surface area contributed by atoms with E-state index < -0.39 is 0 Å². The van der Waals surface area contributed by atoms with Crippen molar-refractivity contribution in [3.05, 3.63) is 42.0 Å². The van der Waals surface area contributed by atoms with Crippen LogP contribution in [0.5, 0.6) is 0 Å². The van der Waals surface area contributed by atoms with E-state index in [9.17, 15) is 9.18 Å². The van der Waals surface area contributed by atoms with Crippen LogP contribution in [0.4, 0.5) is 4.39 Å². The molecule has 0 bridgehead atoms. The third-order valence-electron chi connectivity index (χ3n) is 3.94.